The Morgan fingerprint density at radius 1 is 0.944 bits per heavy atom. The summed E-state index contributed by atoms with van der Waals surface area (Å²) >= 11 is 14.4. The van der Waals surface area contributed by atoms with E-state index in [1.807, 2.05) is 61.5 Å². The van der Waals surface area contributed by atoms with Crippen molar-refractivity contribution in [1.29, 1.82) is 0 Å². The molecule has 3 aromatic rings. The van der Waals surface area contributed by atoms with Gasteiger partial charge in [0, 0.05) is 40.0 Å². The predicted molar refractivity (Wildman–Crippen MR) is 151 cm³/mol. The quantitative estimate of drug-likeness (QED) is 0.199. The number of nitrogens with one attached hydrogen (secondary N) is 1. The van der Waals surface area contributed by atoms with Crippen molar-refractivity contribution in [2.45, 2.75) is 50.6 Å². The lowest BCUT2D eigenvalue weighted by atomic mass is 10.0. The summed E-state index contributed by atoms with van der Waals surface area (Å²) in [4.78, 5) is 29.8. The molecule has 190 valence electrons. The minimum absolute atomic E-state index is 0.143. The number of halogens is 2. The van der Waals surface area contributed by atoms with Gasteiger partial charge in [-0.25, -0.2) is 0 Å². The Balaban J connectivity index is 1.92. The Kier molecular flexibility index (Phi) is 11.2. The highest BCUT2D eigenvalue weighted by Crippen LogP contribution is 2.28. The SMILES string of the molecule is CCCCNC(=O)[C@H](Cc1ccccc1)N(Cc1c(Cl)cccc1Cl)C(=O)CSc1ccc(C)cc1. The average molecular weight is 544 g/mol. The van der Waals surface area contributed by atoms with Gasteiger partial charge in [-0.2, -0.15) is 0 Å². The Labute approximate surface area is 228 Å². The van der Waals surface area contributed by atoms with E-state index in [0.717, 1.165) is 28.9 Å². The zero-order valence-corrected chi connectivity index (χ0v) is 23.0. The molecular weight excluding hydrogens is 511 g/mol. The van der Waals surface area contributed by atoms with Crippen LogP contribution in [0.3, 0.4) is 0 Å². The van der Waals surface area contributed by atoms with E-state index in [-0.39, 0.29) is 24.1 Å². The molecule has 3 rings (SSSR count). The van der Waals surface area contributed by atoms with Crippen LogP contribution in [0.4, 0.5) is 0 Å². The average Bonchev–Trinajstić information content (AvgIpc) is 2.88. The molecule has 0 aromatic heterocycles. The number of amides is 2. The summed E-state index contributed by atoms with van der Waals surface area (Å²) in [6.07, 6.45) is 2.23. The third-order valence-electron chi connectivity index (χ3n) is 5.87. The minimum atomic E-state index is -0.706. The molecule has 4 nitrogen and oxygen atoms in total. The zero-order chi connectivity index (χ0) is 25.9. The lowest BCUT2D eigenvalue weighted by Crippen LogP contribution is -2.51. The van der Waals surface area contributed by atoms with Gasteiger partial charge < -0.3 is 10.2 Å². The lowest BCUT2D eigenvalue weighted by molar-refractivity contribution is -0.139. The largest absolute Gasteiger partial charge is 0.354 e. The summed E-state index contributed by atoms with van der Waals surface area (Å²) in [5.41, 5.74) is 2.77. The van der Waals surface area contributed by atoms with Crippen molar-refractivity contribution >= 4 is 46.8 Å². The van der Waals surface area contributed by atoms with Gasteiger partial charge in [0.1, 0.15) is 6.04 Å². The Bertz CT molecular complexity index is 1120. The number of rotatable bonds is 12. The number of thioether (sulfide) groups is 1. The first kappa shape index (κ1) is 28.1. The van der Waals surface area contributed by atoms with Crippen molar-refractivity contribution in [2.75, 3.05) is 12.3 Å². The smallest absolute Gasteiger partial charge is 0.243 e. The molecule has 7 heteroatoms. The van der Waals surface area contributed by atoms with Gasteiger partial charge in [-0.3, -0.25) is 9.59 Å². The fourth-order valence-corrected chi connectivity index (χ4v) is 5.08. The number of unbranched alkanes of at least 4 members (excludes halogenated alkanes) is 1. The predicted octanol–water partition coefficient (Wildman–Crippen LogP) is 6.95. The molecule has 0 aliphatic rings. The van der Waals surface area contributed by atoms with Crippen LogP contribution in [0.2, 0.25) is 10.0 Å². The molecule has 0 saturated heterocycles. The van der Waals surface area contributed by atoms with Crippen molar-refractivity contribution in [3.63, 3.8) is 0 Å². The van der Waals surface area contributed by atoms with Crippen LogP contribution in [0.1, 0.15) is 36.5 Å². The third-order valence-corrected chi connectivity index (χ3v) is 7.58. The minimum Gasteiger partial charge on any atom is -0.354 e. The first-order valence-corrected chi connectivity index (χ1v) is 13.9. The maximum Gasteiger partial charge on any atom is 0.243 e. The van der Waals surface area contributed by atoms with Gasteiger partial charge in [0.15, 0.2) is 0 Å². The van der Waals surface area contributed by atoms with E-state index in [0.29, 0.717) is 28.6 Å². The molecule has 1 atom stereocenters. The van der Waals surface area contributed by atoms with Crippen molar-refractivity contribution in [3.8, 4) is 0 Å². The summed E-state index contributed by atoms with van der Waals surface area (Å²) in [7, 11) is 0. The summed E-state index contributed by atoms with van der Waals surface area (Å²) in [5.74, 6) is -0.133. The topological polar surface area (TPSA) is 49.4 Å². The number of nitrogens with zero attached hydrogens (tertiary/aromatic N) is 1. The van der Waals surface area contributed by atoms with E-state index in [1.165, 1.54) is 11.8 Å². The van der Waals surface area contributed by atoms with E-state index in [4.69, 9.17) is 23.2 Å². The second-order valence-corrected chi connectivity index (χ2v) is 10.5. The van der Waals surface area contributed by atoms with E-state index in [9.17, 15) is 9.59 Å². The highest BCUT2D eigenvalue weighted by Gasteiger charge is 2.31. The number of hydrogen-bond donors (Lipinski definition) is 1. The molecule has 0 fully saturated rings. The van der Waals surface area contributed by atoms with Gasteiger partial charge >= 0.3 is 0 Å². The highest BCUT2D eigenvalue weighted by molar-refractivity contribution is 8.00. The molecule has 0 bridgehead atoms. The number of carbonyl (C=O) groups is 2. The van der Waals surface area contributed by atoms with Crippen LogP contribution in [-0.4, -0.2) is 35.1 Å². The lowest BCUT2D eigenvalue weighted by Gasteiger charge is -2.32. The fraction of sp³-hybridized carbons (Fsp3) is 0.310. The standard InChI is InChI=1S/C29H32Cl2N2O2S/c1-3-4-17-32-29(35)27(18-22-9-6-5-7-10-22)33(19-24-25(30)11-8-12-26(24)31)28(34)20-36-23-15-13-21(2)14-16-23/h5-16,27H,3-4,17-20H2,1-2H3,(H,32,35)/t27-/m0/s1. The van der Waals surface area contributed by atoms with Crippen molar-refractivity contribution in [2.24, 2.45) is 0 Å². The maximum absolute atomic E-state index is 13.7. The molecule has 36 heavy (non-hydrogen) atoms. The second kappa shape index (κ2) is 14.3. The molecule has 0 radical (unpaired) electrons. The number of benzene rings is 3. The molecular formula is C29H32Cl2N2O2S. The van der Waals surface area contributed by atoms with Crippen LogP contribution >= 0.6 is 35.0 Å². The van der Waals surface area contributed by atoms with Crippen LogP contribution in [0.5, 0.6) is 0 Å². The first-order valence-electron chi connectivity index (χ1n) is 12.1. The van der Waals surface area contributed by atoms with Crippen molar-refractivity contribution in [1.82, 2.24) is 10.2 Å². The Morgan fingerprint density at radius 3 is 2.25 bits per heavy atom. The van der Waals surface area contributed by atoms with Crippen molar-refractivity contribution in [3.05, 3.63) is 99.5 Å². The fourth-order valence-electron chi connectivity index (χ4n) is 3.78. The van der Waals surface area contributed by atoms with Gasteiger partial charge in [-0.1, -0.05) is 90.6 Å². The monoisotopic (exact) mass is 542 g/mol. The second-order valence-electron chi connectivity index (χ2n) is 8.67. The van der Waals surface area contributed by atoms with Gasteiger partial charge in [-0.05, 0) is 43.2 Å². The van der Waals surface area contributed by atoms with E-state index in [1.54, 1.807) is 23.1 Å². The van der Waals surface area contributed by atoms with E-state index in [2.05, 4.69) is 12.2 Å². The number of aryl methyl sites for hydroxylation is 1. The zero-order valence-electron chi connectivity index (χ0n) is 20.7. The van der Waals surface area contributed by atoms with Crippen LogP contribution in [0.15, 0.2) is 77.7 Å². The van der Waals surface area contributed by atoms with Gasteiger partial charge in [0.05, 0.1) is 5.75 Å². The van der Waals surface area contributed by atoms with Gasteiger partial charge in [-0.15, -0.1) is 11.8 Å². The van der Waals surface area contributed by atoms with Crippen LogP contribution in [-0.2, 0) is 22.6 Å². The maximum atomic E-state index is 13.7. The third kappa shape index (κ3) is 8.29. The highest BCUT2D eigenvalue weighted by atomic mass is 35.5. The Morgan fingerprint density at radius 2 is 1.61 bits per heavy atom. The molecule has 0 aliphatic heterocycles. The number of hydrogen-bond acceptors (Lipinski definition) is 3. The van der Waals surface area contributed by atoms with Crippen LogP contribution in [0, 0.1) is 6.92 Å². The molecule has 2 amide bonds. The van der Waals surface area contributed by atoms with E-state index < -0.39 is 6.04 Å². The Hall–Kier alpha value is -2.47. The summed E-state index contributed by atoms with van der Waals surface area (Å²) < 4.78 is 0. The van der Waals surface area contributed by atoms with Crippen LogP contribution < -0.4 is 5.32 Å². The summed E-state index contributed by atoms with van der Waals surface area (Å²) in [5, 5.41) is 3.97. The molecule has 0 spiro atoms. The van der Waals surface area contributed by atoms with Crippen molar-refractivity contribution < 1.29 is 9.59 Å². The molecule has 0 aliphatic carbocycles. The number of carbonyl (C=O) groups excluding carboxylic acids is 2. The first-order chi connectivity index (χ1) is 17.4. The van der Waals surface area contributed by atoms with Gasteiger partial charge in [0.25, 0.3) is 0 Å². The molecule has 0 heterocycles. The van der Waals surface area contributed by atoms with E-state index >= 15 is 0 Å². The van der Waals surface area contributed by atoms with Gasteiger partial charge in [0.2, 0.25) is 11.8 Å². The molecule has 3 aromatic carbocycles. The molecule has 1 N–H and O–H groups in total. The molecule has 0 unspecified atom stereocenters. The molecule has 0 saturated carbocycles. The van der Waals surface area contributed by atoms with Crippen LogP contribution in [0.25, 0.3) is 0 Å². The summed E-state index contributed by atoms with van der Waals surface area (Å²) in [6.45, 7) is 4.81. The normalized spacial score (nSPS) is 11.7. The summed E-state index contributed by atoms with van der Waals surface area (Å²) in [6, 6.07) is 22.4.